The van der Waals surface area contributed by atoms with Crippen molar-refractivity contribution < 1.29 is 4.39 Å². The first-order valence-electron chi connectivity index (χ1n) is 9.83. The lowest BCUT2D eigenvalue weighted by atomic mass is 10.1. The molecule has 0 amide bonds. The molecular formula is C22H26FIN6. The Balaban J connectivity index is 0.00000256. The normalized spacial score (nSPS) is 11.6. The summed E-state index contributed by atoms with van der Waals surface area (Å²) in [6.45, 7) is 4.03. The number of hydrogen-bond acceptors (Lipinski definition) is 2. The molecule has 0 radical (unpaired) electrons. The van der Waals surface area contributed by atoms with Crippen LogP contribution in [-0.2, 0) is 20.0 Å². The molecule has 30 heavy (non-hydrogen) atoms. The Labute approximate surface area is 192 Å². The molecule has 6 nitrogen and oxygen atoms in total. The summed E-state index contributed by atoms with van der Waals surface area (Å²) in [7, 11) is 2.01. The maximum atomic E-state index is 13.3. The number of aryl methyl sites for hydroxylation is 1. The molecule has 0 aliphatic heterocycles. The summed E-state index contributed by atoms with van der Waals surface area (Å²) >= 11 is 0. The second-order valence-electron chi connectivity index (χ2n) is 6.95. The molecule has 158 valence electrons. The largest absolute Gasteiger partial charge is 0.361 e. The Hall–Kier alpha value is -2.62. The lowest BCUT2D eigenvalue weighted by Crippen LogP contribution is -2.38. The minimum atomic E-state index is -0.229. The molecule has 4 aromatic rings. The van der Waals surface area contributed by atoms with Crippen molar-refractivity contribution in [3.05, 3.63) is 65.9 Å². The van der Waals surface area contributed by atoms with Crippen molar-refractivity contribution in [2.75, 3.05) is 13.1 Å². The molecule has 8 heteroatoms. The number of guanidine groups is 1. The molecule has 2 aromatic heterocycles. The first-order chi connectivity index (χ1) is 14.2. The van der Waals surface area contributed by atoms with Crippen LogP contribution in [0.3, 0.4) is 0 Å². The highest BCUT2D eigenvalue weighted by atomic mass is 127. The smallest absolute Gasteiger partial charge is 0.191 e. The van der Waals surface area contributed by atoms with Crippen molar-refractivity contribution in [2.45, 2.75) is 19.9 Å². The second kappa shape index (κ2) is 9.92. The number of benzene rings is 2. The van der Waals surface area contributed by atoms with Crippen LogP contribution in [0, 0.1) is 5.82 Å². The van der Waals surface area contributed by atoms with Gasteiger partial charge in [-0.2, -0.15) is 0 Å². The average molecular weight is 520 g/mol. The van der Waals surface area contributed by atoms with Crippen LogP contribution < -0.4 is 10.6 Å². The second-order valence-corrected chi connectivity index (χ2v) is 6.95. The molecule has 0 saturated carbocycles. The van der Waals surface area contributed by atoms with Crippen LogP contribution in [-0.4, -0.2) is 33.6 Å². The van der Waals surface area contributed by atoms with E-state index in [0.29, 0.717) is 6.54 Å². The van der Waals surface area contributed by atoms with Gasteiger partial charge in [0.15, 0.2) is 5.96 Å². The van der Waals surface area contributed by atoms with E-state index in [0.717, 1.165) is 58.8 Å². The molecule has 4 rings (SSSR count). The molecular weight excluding hydrogens is 494 g/mol. The molecule has 0 saturated heterocycles. The number of rotatable bonds is 6. The lowest BCUT2D eigenvalue weighted by Gasteiger charge is -2.11. The van der Waals surface area contributed by atoms with E-state index in [1.807, 2.05) is 44.4 Å². The van der Waals surface area contributed by atoms with Crippen LogP contribution in [0.4, 0.5) is 4.39 Å². The Morgan fingerprint density at radius 1 is 1.20 bits per heavy atom. The predicted molar refractivity (Wildman–Crippen MR) is 131 cm³/mol. The van der Waals surface area contributed by atoms with E-state index in [1.54, 1.807) is 0 Å². The van der Waals surface area contributed by atoms with Gasteiger partial charge in [-0.25, -0.2) is 14.4 Å². The van der Waals surface area contributed by atoms with E-state index in [2.05, 4.69) is 36.2 Å². The van der Waals surface area contributed by atoms with Crippen molar-refractivity contribution in [1.82, 2.24) is 25.2 Å². The number of H-pyrrole nitrogens is 1. The third-order valence-electron chi connectivity index (χ3n) is 5.02. The summed E-state index contributed by atoms with van der Waals surface area (Å²) in [6, 6.07) is 12.9. The SMILES string of the molecule is CCNC(=NCc1nc2ccccc2n1C)NCCc1c[nH]c2cc(F)ccc12.I. The van der Waals surface area contributed by atoms with Crippen LogP contribution in [0.5, 0.6) is 0 Å². The van der Waals surface area contributed by atoms with Crippen LogP contribution in [0.2, 0.25) is 0 Å². The van der Waals surface area contributed by atoms with Crippen molar-refractivity contribution in [2.24, 2.45) is 12.0 Å². The summed E-state index contributed by atoms with van der Waals surface area (Å²) in [4.78, 5) is 12.5. The van der Waals surface area contributed by atoms with E-state index in [-0.39, 0.29) is 29.8 Å². The van der Waals surface area contributed by atoms with Crippen molar-refractivity contribution in [3.8, 4) is 0 Å². The molecule has 0 bridgehead atoms. The van der Waals surface area contributed by atoms with Gasteiger partial charge in [0.1, 0.15) is 18.2 Å². The molecule has 0 atom stereocenters. The van der Waals surface area contributed by atoms with Crippen LogP contribution in [0.25, 0.3) is 21.9 Å². The number of aliphatic imine (C=N–C) groups is 1. The number of halogens is 2. The molecule has 0 aliphatic carbocycles. The minimum absolute atomic E-state index is 0. The fourth-order valence-corrected chi connectivity index (χ4v) is 3.51. The predicted octanol–water partition coefficient (Wildman–Crippen LogP) is 4.11. The Morgan fingerprint density at radius 3 is 2.83 bits per heavy atom. The van der Waals surface area contributed by atoms with Gasteiger partial charge < -0.3 is 20.2 Å². The lowest BCUT2D eigenvalue weighted by molar-refractivity contribution is 0.629. The first kappa shape index (κ1) is 22.1. The molecule has 0 fully saturated rings. The van der Waals surface area contributed by atoms with Crippen LogP contribution in [0.1, 0.15) is 18.3 Å². The summed E-state index contributed by atoms with van der Waals surface area (Å²) in [6.07, 6.45) is 2.75. The van der Waals surface area contributed by atoms with Gasteiger partial charge in [0.25, 0.3) is 0 Å². The average Bonchev–Trinajstić information content (AvgIpc) is 3.27. The number of aromatic amines is 1. The van der Waals surface area contributed by atoms with Gasteiger partial charge in [0.05, 0.1) is 11.0 Å². The highest BCUT2D eigenvalue weighted by molar-refractivity contribution is 14.0. The third kappa shape index (κ3) is 4.75. The molecule has 0 unspecified atom stereocenters. The van der Waals surface area contributed by atoms with Crippen molar-refractivity contribution in [1.29, 1.82) is 0 Å². The van der Waals surface area contributed by atoms with Crippen molar-refractivity contribution in [3.63, 3.8) is 0 Å². The number of imidazole rings is 1. The molecule has 3 N–H and O–H groups in total. The zero-order chi connectivity index (χ0) is 20.2. The van der Waals surface area contributed by atoms with E-state index in [4.69, 9.17) is 0 Å². The fourth-order valence-electron chi connectivity index (χ4n) is 3.51. The number of aromatic nitrogens is 3. The summed E-state index contributed by atoms with van der Waals surface area (Å²) < 4.78 is 15.4. The maximum Gasteiger partial charge on any atom is 0.191 e. The van der Waals surface area contributed by atoms with Gasteiger partial charge in [0, 0.05) is 37.2 Å². The van der Waals surface area contributed by atoms with E-state index in [1.165, 1.54) is 12.1 Å². The van der Waals surface area contributed by atoms with E-state index >= 15 is 0 Å². The minimum Gasteiger partial charge on any atom is -0.361 e. The summed E-state index contributed by atoms with van der Waals surface area (Å²) in [5.74, 6) is 1.44. The molecule has 2 aromatic carbocycles. The summed E-state index contributed by atoms with van der Waals surface area (Å²) in [5, 5.41) is 7.70. The fraction of sp³-hybridized carbons (Fsp3) is 0.273. The summed E-state index contributed by atoms with van der Waals surface area (Å²) in [5.41, 5.74) is 4.06. The van der Waals surface area contributed by atoms with Gasteiger partial charge in [-0.05, 0) is 49.2 Å². The maximum absolute atomic E-state index is 13.3. The van der Waals surface area contributed by atoms with Gasteiger partial charge in [0.2, 0.25) is 0 Å². The Bertz CT molecular complexity index is 1160. The van der Waals surface area contributed by atoms with Gasteiger partial charge in [-0.1, -0.05) is 12.1 Å². The van der Waals surface area contributed by atoms with Gasteiger partial charge in [-0.15, -0.1) is 24.0 Å². The number of nitrogens with zero attached hydrogens (tertiary/aromatic N) is 3. The zero-order valence-corrected chi connectivity index (χ0v) is 19.4. The molecule has 2 heterocycles. The number of para-hydroxylation sites is 2. The highest BCUT2D eigenvalue weighted by Gasteiger charge is 2.08. The van der Waals surface area contributed by atoms with E-state index < -0.39 is 0 Å². The quantitative estimate of drug-likeness (QED) is 0.204. The molecule has 0 spiro atoms. The van der Waals surface area contributed by atoms with Gasteiger partial charge in [-0.3, -0.25) is 0 Å². The Kier molecular flexibility index (Phi) is 7.30. The Morgan fingerprint density at radius 2 is 2.03 bits per heavy atom. The number of hydrogen-bond donors (Lipinski definition) is 3. The third-order valence-corrected chi connectivity index (χ3v) is 5.02. The molecule has 0 aliphatic rings. The standard InChI is InChI=1S/C22H25FN6.HI/c1-3-24-22(27-14-21-28-18-6-4-5-7-20(18)29(21)2)25-11-10-15-13-26-19-12-16(23)8-9-17(15)19;/h4-9,12-13,26H,3,10-11,14H2,1-2H3,(H2,24,25,27);1H. The topological polar surface area (TPSA) is 70.0 Å². The highest BCUT2D eigenvalue weighted by Crippen LogP contribution is 2.19. The number of nitrogens with one attached hydrogen (secondary N) is 3. The zero-order valence-electron chi connectivity index (χ0n) is 17.1. The van der Waals surface area contributed by atoms with Crippen LogP contribution in [0.15, 0.2) is 53.7 Å². The number of fused-ring (bicyclic) bond motifs is 2. The van der Waals surface area contributed by atoms with E-state index in [9.17, 15) is 4.39 Å². The van der Waals surface area contributed by atoms with Crippen LogP contribution >= 0.6 is 24.0 Å². The van der Waals surface area contributed by atoms with Crippen molar-refractivity contribution >= 4 is 51.9 Å². The monoisotopic (exact) mass is 520 g/mol. The first-order valence-corrected chi connectivity index (χ1v) is 9.83. The van der Waals surface area contributed by atoms with Gasteiger partial charge >= 0.3 is 0 Å².